The first-order chi connectivity index (χ1) is 18.8. The zero-order valence-corrected chi connectivity index (χ0v) is 26.7. The summed E-state index contributed by atoms with van der Waals surface area (Å²) in [6, 6.07) is 2.55. The number of pyridine rings is 1. The molecule has 0 aliphatic rings. The van der Waals surface area contributed by atoms with E-state index in [4.69, 9.17) is 0 Å². The fraction of sp³-hybridized carbons (Fsp3) is 0.865. The van der Waals surface area contributed by atoms with Crippen LogP contribution in [0, 0.1) is 0 Å². The van der Waals surface area contributed by atoms with Crippen LogP contribution in [0.2, 0.25) is 0 Å². The highest BCUT2D eigenvalue weighted by atomic mass is 14.9. The predicted octanol–water partition coefficient (Wildman–Crippen LogP) is 12.3. The SMILES string of the molecule is CCCCCCCCCCCCCc1cc(CCCCCCCCCCCCC)c[n+](CCCCCC)c1. The van der Waals surface area contributed by atoms with Gasteiger partial charge in [0.1, 0.15) is 6.54 Å². The third-order valence-electron chi connectivity index (χ3n) is 8.44. The van der Waals surface area contributed by atoms with Crippen LogP contribution < -0.4 is 4.57 Å². The first kappa shape index (κ1) is 35.2. The van der Waals surface area contributed by atoms with Gasteiger partial charge in [-0.05, 0) is 38.2 Å². The number of aryl methyl sites for hydroxylation is 3. The van der Waals surface area contributed by atoms with Gasteiger partial charge in [-0.1, -0.05) is 162 Å². The van der Waals surface area contributed by atoms with Gasteiger partial charge in [0.05, 0.1) is 0 Å². The van der Waals surface area contributed by atoms with Gasteiger partial charge in [0.2, 0.25) is 0 Å². The molecule has 1 heterocycles. The van der Waals surface area contributed by atoms with E-state index in [1.54, 1.807) is 11.1 Å². The third kappa shape index (κ3) is 22.0. The average molecular weight is 529 g/mol. The molecule has 0 N–H and O–H groups in total. The van der Waals surface area contributed by atoms with E-state index < -0.39 is 0 Å². The Morgan fingerprint density at radius 2 is 0.658 bits per heavy atom. The van der Waals surface area contributed by atoms with Crippen molar-refractivity contribution < 1.29 is 4.57 Å². The lowest BCUT2D eigenvalue weighted by Gasteiger charge is -2.07. The molecule has 38 heavy (non-hydrogen) atoms. The van der Waals surface area contributed by atoms with Crippen LogP contribution in [0.4, 0.5) is 0 Å². The van der Waals surface area contributed by atoms with Crippen molar-refractivity contribution in [3.63, 3.8) is 0 Å². The number of aromatic nitrogens is 1. The molecule has 0 fully saturated rings. The molecule has 1 aromatic rings. The lowest BCUT2D eigenvalue weighted by Crippen LogP contribution is -2.34. The number of rotatable bonds is 29. The summed E-state index contributed by atoms with van der Waals surface area (Å²) in [4.78, 5) is 0. The first-order valence-electron chi connectivity index (χ1n) is 17.8. The summed E-state index contributed by atoms with van der Waals surface area (Å²) in [5, 5.41) is 0. The summed E-state index contributed by atoms with van der Waals surface area (Å²) >= 11 is 0. The Labute approximate surface area is 241 Å². The minimum absolute atomic E-state index is 1.21. The van der Waals surface area contributed by atoms with E-state index in [2.05, 4.69) is 43.8 Å². The van der Waals surface area contributed by atoms with Gasteiger partial charge in [0, 0.05) is 17.5 Å². The van der Waals surface area contributed by atoms with E-state index in [0.29, 0.717) is 0 Å². The summed E-state index contributed by atoms with van der Waals surface area (Å²) in [7, 11) is 0. The molecule has 0 radical (unpaired) electrons. The molecule has 0 bridgehead atoms. The van der Waals surface area contributed by atoms with Crippen LogP contribution in [0.5, 0.6) is 0 Å². The van der Waals surface area contributed by atoms with Crippen molar-refractivity contribution in [3.05, 3.63) is 29.6 Å². The quantitative estimate of drug-likeness (QED) is 0.0719. The normalized spacial score (nSPS) is 11.4. The highest BCUT2D eigenvalue weighted by Gasteiger charge is 2.08. The van der Waals surface area contributed by atoms with Crippen molar-refractivity contribution in [1.29, 1.82) is 0 Å². The van der Waals surface area contributed by atoms with Crippen molar-refractivity contribution >= 4 is 0 Å². The molecular formula is C37H70N+. The van der Waals surface area contributed by atoms with Gasteiger partial charge in [-0.25, -0.2) is 4.57 Å². The van der Waals surface area contributed by atoms with Gasteiger partial charge in [0.15, 0.2) is 12.4 Å². The van der Waals surface area contributed by atoms with Gasteiger partial charge in [-0.3, -0.25) is 0 Å². The minimum atomic E-state index is 1.21. The number of unbranched alkanes of at least 4 members (excludes halogenated alkanes) is 23. The molecule has 0 amide bonds. The Kier molecular flexibility index (Phi) is 25.6. The Bertz CT molecular complexity index is 562. The summed E-state index contributed by atoms with van der Waals surface area (Å²) in [5.41, 5.74) is 3.19. The van der Waals surface area contributed by atoms with Crippen molar-refractivity contribution in [2.75, 3.05) is 0 Å². The largest absolute Gasteiger partial charge is 0.205 e. The maximum absolute atomic E-state index is 2.55. The topological polar surface area (TPSA) is 3.88 Å². The lowest BCUT2D eigenvalue weighted by molar-refractivity contribution is -0.698. The van der Waals surface area contributed by atoms with E-state index >= 15 is 0 Å². The van der Waals surface area contributed by atoms with Crippen LogP contribution in [0.25, 0.3) is 0 Å². The van der Waals surface area contributed by atoms with Gasteiger partial charge >= 0.3 is 0 Å². The standard InChI is InChI=1S/C37H70N/c1-4-7-10-13-15-17-19-21-23-25-27-30-36-33-37(35-38(34-36)32-29-12-9-6-3)31-28-26-24-22-20-18-16-14-11-8-5-2/h33-35H,4-32H2,1-3H3/q+1. The Morgan fingerprint density at radius 1 is 0.368 bits per heavy atom. The average Bonchev–Trinajstić information content (AvgIpc) is 2.93. The zero-order chi connectivity index (χ0) is 27.4. The molecule has 0 aliphatic heterocycles. The third-order valence-corrected chi connectivity index (χ3v) is 8.44. The minimum Gasteiger partial charge on any atom is -0.205 e. The summed E-state index contributed by atoms with van der Waals surface area (Å²) in [6.07, 6.45) is 44.4. The molecule has 1 heteroatoms. The van der Waals surface area contributed by atoms with Gasteiger partial charge in [0.25, 0.3) is 0 Å². The molecule has 0 aliphatic carbocycles. The van der Waals surface area contributed by atoms with Gasteiger partial charge in [-0.15, -0.1) is 0 Å². The fourth-order valence-corrected chi connectivity index (χ4v) is 5.89. The number of hydrogen-bond acceptors (Lipinski definition) is 0. The maximum atomic E-state index is 2.55. The maximum Gasteiger partial charge on any atom is 0.171 e. The number of nitrogens with zero attached hydrogens (tertiary/aromatic N) is 1. The van der Waals surface area contributed by atoms with Crippen LogP contribution in [-0.4, -0.2) is 0 Å². The molecule has 1 nitrogen and oxygen atoms in total. The molecular weight excluding hydrogens is 458 g/mol. The molecule has 0 atom stereocenters. The number of hydrogen-bond donors (Lipinski definition) is 0. The summed E-state index contributed by atoms with van der Waals surface area (Å²) in [6.45, 7) is 8.13. The van der Waals surface area contributed by atoms with E-state index in [0.717, 1.165) is 0 Å². The smallest absolute Gasteiger partial charge is 0.171 e. The monoisotopic (exact) mass is 529 g/mol. The molecule has 0 unspecified atom stereocenters. The van der Waals surface area contributed by atoms with E-state index in [1.807, 2.05) is 0 Å². The van der Waals surface area contributed by atoms with Crippen LogP contribution in [-0.2, 0) is 19.4 Å². The van der Waals surface area contributed by atoms with Crippen molar-refractivity contribution in [2.45, 2.75) is 207 Å². The summed E-state index contributed by atoms with van der Waals surface area (Å²) < 4.78 is 2.54. The Morgan fingerprint density at radius 3 is 1.00 bits per heavy atom. The van der Waals surface area contributed by atoms with Gasteiger partial charge < -0.3 is 0 Å². The highest BCUT2D eigenvalue weighted by Crippen LogP contribution is 2.16. The Hall–Kier alpha value is -0.850. The second-order valence-corrected chi connectivity index (χ2v) is 12.4. The molecule has 0 saturated carbocycles. The Balaban J connectivity index is 2.28. The summed E-state index contributed by atoms with van der Waals surface area (Å²) in [5.74, 6) is 0. The molecule has 1 aromatic heterocycles. The second-order valence-electron chi connectivity index (χ2n) is 12.4. The van der Waals surface area contributed by atoms with Crippen LogP contribution in [0.3, 0.4) is 0 Å². The van der Waals surface area contributed by atoms with Gasteiger partial charge in [-0.2, -0.15) is 0 Å². The van der Waals surface area contributed by atoms with Crippen LogP contribution >= 0.6 is 0 Å². The highest BCUT2D eigenvalue weighted by molar-refractivity contribution is 5.15. The van der Waals surface area contributed by atoms with Crippen LogP contribution in [0.1, 0.15) is 199 Å². The molecule has 1 rings (SSSR count). The second kappa shape index (κ2) is 27.7. The van der Waals surface area contributed by atoms with Crippen molar-refractivity contribution in [2.24, 2.45) is 0 Å². The van der Waals surface area contributed by atoms with E-state index in [1.165, 1.54) is 186 Å². The van der Waals surface area contributed by atoms with Crippen molar-refractivity contribution in [3.8, 4) is 0 Å². The molecule has 222 valence electrons. The molecule has 0 aromatic carbocycles. The van der Waals surface area contributed by atoms with E-state index in [9.17, 15) is 0 Å². The zero-order valence-electron chi connectivity index (χ0n) is 26.7. The van der Waals surface area contributed by atoms with E-state index in [-0.39, 0.29) is 0 Å². The molecule has 0 spiro atoms. The molecule has 0 saturated heterocycles. The van der Waals surface area contributed by atoms with Crippen molar-refractivity contribution in [1.82, 2.24) is 0 Å². The van der Waals surface area contributed by atoms with Crippen LogP contribution in [0.15, 0.2) is 18.5 Å². The lowest BCUT2D eigenvalue weighted by atomic mass is 10.0. The fourth-order valence-electron chi connectivity index (χ4n) is 5.89. The predicted molar refractivity (Wildman–Crippen MR) is 171 cm³/mol. The first-order valence-corrected chi connectivity index (χ1v) is 17.8.